The van der Waals surface area contributed by atoms with Crippen molar-refractivity contribution in [2.45, 2.75) is 75.1 Å². The summed E-state index contributed by atoms with van der Waals surface area (Å²) in [5.74, 6) is -0.987. The number of halogens is 3. The molecule has 1 aliphatic rings. The molecule has 0 radical (unpaired) electrons. The molecule has 0 aromatic heterocycles. The molecule has 14 heteroatoms. The van der Waals surface area contributed by atoms with E-state index in [0.717, 1.165) is 62.0 Å². The van der Waals surface area contributed by atoms with E-state index in [0.29, 0.717) is 69.9 Å². The molecule has 1 unspecified atom stereocenters. The van der Waals surface area contributed by atoms with Crippen molar-refractivity contribution in [3.8, 4) is 0 Å². The highest BCUT2D eigenvalue weighted by molar-refractivity contribution is 5.56. The van der Waals surface area contributed by atoms with Crippen LogP contribution in [-0.4, -0.2) is 97.0 Å². The van der Waals surface area contributed by atoms with E-state index < -0.39 is 16.8 Å². The lowest BCUT2D eigenvalue weighted by Crippen LogP contribution is -2.30. The third kappa shape index (κ3) is 14.7. The molecule has 4 N–H and O–H groups in total. The molecule has 388 valence electrons. The molecule has 0 fully saturated rings. The van der Waals surface area contributed by atoms with Gasteiger partial charge in [-0.2, -0.15) is 0 Å². The van der Waals surface area contributed by atoms with Gasteiger partial charge in [-0.25, -0.2) is 27.7 Å². The van der Waals surface area contributed by atoms with Crippen molar-refractivity contribution >= 4 is 17.1 Å². The highest BCUT2D eigenvalue weighted by Crippen LogP contribution is 2.46. The first-order chi connectivity index (χ1) is 35.4. The number of aliphatic hydroxyl groups is 4. The number of rotatable bonds is 19. The van der Waals surface area contributed by atoms with Crippen molar-refractivity contribution < 1.29 is 38.3 Å². The molecule has 6 aromatic carbocycles. The summed E-state index contributed by atoms with van der Waals surface area (Å²) in [7, 11) is 11.9. The summed E-state index contributed by atoms with van der Waals surface area (Å²) in [6.07, 6.45) is 4.06. The largest absolute Gasteiger partial charge is 0.392 e. The van der Waals surface area contributed by atoms with Gasteiger partial charge in [0.05, 0.1) is 39.5 Å². The number of benzene rings is 6. The molecule has 1 aliphatic heterocycles. The van der Waals surface area contributed by atoms with Crippen LogP contribution in [0.15, 0.2) is 127 Å². The fraction of sp³-hybridized carbons (Fsp3) is 0.350. The smallest absolute Gasteiger partial charge is 0.187 e. The minimum Gasteiger partial charge on any atom is -0.392 e. The maximum atomic E-state index is 13.4. The number of fused-ring (bicyclic) bond motifs is 1. The Labute approximate surface area is 434 Å². The van der Waals surface area contributed by atoms with Crippen molar-refractivity contribution in [1.82, 2.24) is 14.7 Å². The van der Waals surface area contributed by atoms with Crippen LogP contribution in [0.1, 0.15) is 88.6 Å². The molecule has 7 rings (SSSR count). The van der Waals surface area contributed by atoms with E-state index in [4.69, 9.17) is 24.5 Å². The Balaban J connectivity index is 0.000000206. The molecule has 11 nitrogen and oxygen atoms in total. The van der Waals surface area contributed by atoms with Crippen LogP contribution >= 0.6 is 0 Å². The normalized spacial score (nSPS) is 15.4. The minimum atomic E-state index is -1.36. The summed E-state index contributed by atoms with van der Waals surface area (Å²) in [5, 5.41) is 42.5. The summed E-state index contributed by atoms with van der Waals surface area (Å²) in [6.45, 7) is 23.9. The number of nitrogens with zero attached hydrogens (tertiary/aromatic N) is 6. The molecule has 0 spiro atoms. The van der Waals surface area contributed by atoms with Crippen LogP contribution in [0.2, 0.25) is 0 Å². The second kappa shape index (κ2) is 27.0. The van der Waals surface area contributed by atoms with Crippen LogP contribution in [0.25, 0.3) is 14.5 Å². The van der Waals surface area contributed by atoms with Crippen LogP contribution in [0.3, 0.4) is 0 Å². The van der Waals surface area contributed by atoms with Crippen molar-refractivity contribution in [3.05, 3.63) is 229 Å². The molecule has 1 heterocycles. The molecular weight excluding hydrogens is 942 g/mol. The molecular formula is C60H67F3N6O5. The summed E-state index contributed by atoms with van der Waals surface area (Å²) >= 11 is 0. The average molecular weight is 1010 g/mol. The lowest BCUT2D eigenvalue weighted by molar-refractivity contribution is -0.0140. The molecule has 0 saturated heterocycles. The van der Waals surface area contributed by atoms with E-state index in [9.17, 15) is 33.6 Å². The predicted molar refractivity (Wildman–Crippen MR) is 284 cm³/mol. The summed E-state index contributed by atoms with van der Waals surface area (Å²) in [5.41, 5.74) is 4.52. The van der Waals surface area contributed by atoms with Gasteiger partial charge in [0.1, 0.15) is 34.3 Å². The van der Waals surface area contributed by atoms with Gasteiger partial charge in [0, 0.05) is 0 Å². The van der Waals surface area contributed by atoms with E-state index in [-0.39, 0.29) is 30.7 Å². The van der Waals surface area contributed by atoms with E-state index >= 15 is 0 Å². The van der Waals surface area contributed by atoms with Gasteiger partial charge < -0.3 is 39.9 Å². The van der Waals surface area contributed by atoms with Crippen LogP contribution in [0, 0.1) is 37.2 Å². The number of hydrogen-bond acceptors (Lipinski definition) is 8. The average Bonchev–Trinajstić information content (AvgIpc) is 3.76. The zero-order valence-electron chi connectivity index (χ0n) is 43.1. The first-order valence-corrected chi connectivity index (χ1v) is 24.4. The molecule has 0 bridgehead atoms. The van der Waals surface area contributed by atoms with Gasteiger partial charge >= 0.3 is 0 Å². The van der Waals surface area contributed by atoms with Crippen LogP contribution in [-0.2, 0) is 41.4 Å². The van der Waals surface area contributed by atoms with E-state index in [1.807, 2.05) is 68.3 Å². The third-order valence-electron chi connectivity index (χ3n) is 13.2. The van der Waals surface area contributed by atoms with E-state index in [1.54, 1.807) is 60.7 Å². The van der Waals surface area contributed by atoms with Gasteiger partial charge in [0.15, 0.2) is 17.1 Å². The van der Waals surface area contributed by atoms with Gasteiger partial charge in [-0.1, -0.05) is 91.0 Å². The quantitative estimate of drug-likeness (QED) is 0.0594. The minimum absolute atomic E-state index is 0.247. The van der Waals surface area contributed by atoms with E-state index in [1.165, 1.54) is 36.4 Å². The SMILES string of the molecule is [C-]#[N+]c1ccc(C(O)(CCCN(C)C)c2ccc(F)cc2)c(CO)c1.[C-]#[N+]c1ccc([C@](O)(CCCN(C)C)c2ccc(F)cc2)c(CO)c1.[C-]#[N+]c1ccc2c(c1)CO[C@@]2(CCCN(C)C)c1ccc(F)cc1. The van der Waals surface area contributed by atoms with Gasteiger partial charge in [-0.05, 0) is 187 Å². The molecule has 6 aromatic rings. The Kier molecular flexibility index (Phi) is 21.2. The highest BCUT2D eigenvalue weighted by Gasteiger charge is 2.41. The van der Waals surface area contributed by atoms with Gasteiger partial charge in [-0.3, -0.25) is 0 Å². The Morgan fingerprint density at radius 2 is 0.905 bits per heavy atom. The zero-order valence-corrected chi connectivity index (χ0v) is 43.1. The second-order valence-electron chi connectivity index (χ2n) is 19.3. The monoisotopic (exact) mass is 1010 g/mol. The van der Waals surface area contributed by atoms with Crippen LogP contribution < -0.4 is 0 Å². The van der Waals surface area contributed by atoms with Crippen molar-refractivity contribution in [3.63, 3.8) is 0 Å². The zero-order chi connectivity index (χ0) is 54.1. The molecule has 3 atom stereocenters. The standard InChI is InChI=1S/2C20H23FN2O2.C20H21FN2O/c2*1-22-18-9-10-19(15(13-18)14-24)20(25,11-4-12-23(2)3)16-5-7-17(21)8-6-16;1-22-18-9-10-19-15(13-18)14-24-20(19,11-4-12-23(2)3)16-5-7-17(21)8-6-16/h2*5-10,13,24-25H,4,11-12,14H2,2-3H3;5-10,13H,4,11-12,14H2,2-3H3/t20-;;20-/m0.0/s1. The summed E-state index contributed by atoms with van der Waals surface area (Å²) in [4.78, 5) is 16.5. The Hall–Kier alpha value is -6.74. The Morgan fingerprint density at radius 1 is 0.527 bits per heavy atom. The third-order valence-corrected chi connectivity index (χ3v) is 13.2. The lowest BCUT2D eigenvalue weighted by Gasteiger charge is -2.32. The van der Waals surface area contributed by atoms with Crippen molar-refractivity contribution in [2.75, 3.05) is 61.9 Å². The maximum Gasteiger partial charge on any atom is 0.187 e. The van der Waals surface area contributed by atoms with Crippen molar-refractivity contribution in [2.24, 2.45) is 0 Å². The molecule has 0 aliphatic carbocycles. The fourth-order valence-electron chi connectivity index (χ4n) is 9.39. The predicted octanol–water partition coefficient (Wildman–Crippen LogP) is 11.4. The molecule has 0 saturated carbocycles. The second-order valence-corrected chi connectivity index (χ2v) is 19.3. The Morgan fingerprint density at radius 3 is 1.30 bits per heavy atom. The molecule has 74 heavy (non-hydrogen) atoms. The highest BCUT2D eigenvalue weighted by atomic mass is 19.1. The van der Waals surface area contributed by atoms with Gasteiger partial charge in [-0.15, -0.1) is 0 Å². The first kappa shape index (κ1) is 58.2. The van der Waals surface area contributed by atoms with E-state index in [2.05, 4.69) is 33.5 Å². The van der Waals surface area contributed by atoms with Crippen molar-refractivity contribution in [1.29, 1.82) is 0 Å². The van der Waals surface area contributed by atoms with Gasteiger partial charge in [0.25, 0.3) is 0 Å². The first-order valence-electron chi connectivity index (χ1n) is 24.4. The summed E-state index contributed by atoms with van der Waals surface area (Å²) < 4.78 is 46.3. The summed E-state index contributed by atoms with van der Waals surface area (Å²) in [6, 6.07) is 33.6. The molecule has 0 amide bonds. The van der Waals surface area contributed by atoms with Crippen LogP contribution in [0.4, 0.5) is 30.2 Å². The number of aliphatic hydroxyl groups excluding tert-OH is 2. The fourth-order valence-corrected chi connectivity index (χ4v) is 9.39. The number of hydrogen-bond donors (Lipinski definition) is 4. The topological polar surface area (TPSA) is 113 Å². The Bertz CT molecular complexity index is 2770. The lowest BCUT2D eigenvalue weighted by atomic mass is 9.80. The maximum absolute atomic E-state index is 13.4. The van der Waals surface area contributed by atoms with Gasteiger partial charge in [0.2, 0.25) is 0 Å². The van der Waals surface area contributed by atoms with Crippen LogP contribution in [0.5, 0.6) is 0 Å². The number of ether oxygens (including phenoxy) is 1.